The van der Waals surface area contributed by atoms with E-state index in [4.69, 9.17) is 10.5 Å². The van der Waals surface area contributed by atoms with E-state index in [0.717, 1.165) is 37.9 Å². The Bertz CT molecular complexity index is 999. The summed E-state index contributed by atoms with van der Waals surface area (Å²) in [5, 5.41) is 2.94. The minimum atomic E-state index is -0.177. The number of hydrogen-bond donors (Lipinski definition) is 2. The lowest BCUT2D eigenvalue weighted by Crippen LogP contribution is -2.35. The van der Waals surface area contributed by atoms with Crippen molar-refractivity contribution in [3.63, 3.8) is 0 Å². The number of anilines is 1. The van der Waals surface area contributed by atoms with Crippen LogP contribution in [0.25, 0.3) is 6.08 Å². The fourth-order valence-corrected chi connectivity index (χ4v) is 5.15. The molecular formula is C25H28N4O3. The highest BCUT2D eigenvalue weighted by molar-refractivity contribution is 5.91. The van der Waals surface area contributed by atoms with E-state index in [-0.39, 0.29) is 18.1 Å². The molecule has 3 atom stereocenters. The summed E-state index contributed by atoms with van der Waals surface area (Å²) in [6, 6.07) is 11.8. The smallest absolute Gasteiger partial charge is 0.410 e. The lowest BCUT2D eigenvalue weighted by molar-refractivity contribution is -0.116. The van der Waals surface area contributed by atoms with Crippen molar-refractivity contribution < 1.29 is 14.3 Å². The van der Waals surface area contributed by atoms with Gasteiger partial charge >= 0.3 is 6.09 Å². The van der Waals surface area contributed by atoms with Gasteiger partial charge in [-0.1, -0.05) is 24.3 Å². The molecular weight excluding hydrogens is 404 g/mol. The summed E-state index contributed by atoms with van der Waals surface area (Å²) >= 11 is 0. The maximum atomic E-state index is 12.6. The monoisotopic (exact) mass is 432 g/mol. The van der Waals surface area contributed by atoms with Crippen LogP contribution < -0.4 is 11.1 Å². The Balaban J connectivity index is 0.994. The first-order chi connectivity index (χ1) is 15.6. The van der Waals surface area contributed by atoms with E-state index in [9.17, 15) is 9.59 Å². The van der Waals surface area contributed by atoms with Gasteiger partial charge < -0.3 is 20.7 Å². The molecule has 5 rings (SSSR count). The van der Waals surface area contributed by atoms with Crippen LogP contribution in [-0.4, -0.2) is 47.6 Å². The zero-order chi connectivity index (χ0) is 22.1. The molecule has 0 radical (unpaired) electrons. The first-order valence-corrected chi connectivity index (χ1v) is 11.3. The van der Waals surface area contributed by atoms with Crippen molar-refractivity contribution in [2.24, 2.45) is 17.8 Å². The van der Waals surface area contributed by atoms with Crippen LogP contribution in [0.5, 0.6) is 0 Å². The SMILES string of the molecule is Nc1ccc(/C=C/C(=O)NCC[C@@H]2[C@H]3CN(C(=O)OC4Cc5ccccc5C4)C[C@@H]23)cn1. The van der Waals surface area contributed by atoms with Crippen molar-refractivity contribution in [1.29, 1.82) is 0 Å². The molecule has 32 heavy (non-hydrogen) atoms. The Kier molecular flexibility index (Phi) is 5.55. The van der Waals surface area contributed by atoms with Gasteiger partial charge in [-0.3, -0.25) is 4.79 Å². The molecule has 1 saturated carbocycles. The summed E-state index contributed by atoms with van der Waals surface area (Å²) in [5.41, 5.74) is 8.97. The summed E-state index contributed by atoms with van der Waals surface area (Å²) in [6.45, 7) is 2.18. The first-order valence-electron chi connectivity index (χ1n) is 11.3. The van der Waals surface area contributed by atoms with Crippen molar-refractivity contribution >= 4 is 23.9 Å². The molecule has 3 aliphatic rings. The lowest BCUT2D eigenvalue weighted by atomic mass is 10.1. The number of hydrogen-bond acceptors (Lipinski definition) is 5. The minimum absolute atomic E-state index is 0.0417. The van der Waals surface area contributed by atoms with E-state index in [0.29, 0.717) is 30.1 Å². The molecule has 2 fully saturated rings. The number of nitrogens with two attached hydrogens (primary N) is 1. The molecule has 3 N–H and O–H groups in total. The van der Waals surface area contributed by atoms with Gasteiger partial charge in [0.1, 0.15) is 11.9 Å². The van der Waals surface area contributed by atoms with Gasteiger partial charge in [-0.05, 0) is 59.1 Å². The van der Waals surface area contributed by atoms with Gasteiger partial charge in [-0.2, -0.15) is 0 Å². The molecule has 0 bridgehead atoms. The van der Waals surface area contributed by atoms with Crippen LogP contribution in [0.2, 0.25) is 0 Å². The third kappa shape index (κ3) is 4.47. The number of benzene rings is 1. The summed E-state index contributed by atoms with van der Waals surface area (Å²) < 4.78 is 5.78. The van der Waals surface area contributed by atoms with Crippen molar-refractivity contribution in [2.45, 2.75) is 25.4 Å². The number of carbonyl (C=O) groups is 2. The Hall–Kier alpha value is -3.35. The zero-order valence-corrected chi connectivity index (χ0v) is 17.9. The molecule has 7 heteroatoms. The Morgan fingerprint density at radius 1 is 1.12 bits per heavy atom. The number of likely N-dealkylation sites (tertiary alicyclic amines) is 1. The standard InChI is InChI=1S/C25H28N4O3/c26-23-7-5-16(13-28-23)6-8-24(30)27-10-9-20-21-14-29(15-22(20)21)25(31)32-19-11-17-3-1-2-4-18(17)12-19/h1-8,13,19-22H,9-12,14-15H2,(H2,26,28)(H,27,30)/b8-6+/t20-,21-,22+. The van der Waals surface area contributed by atoms with Gasteiger partial charge in [0.2, 0.25) is 5.91 Å². The number of fused-ring (bicyclic) bond motifs is 2. The number of aromatic nitrogens is 1. The minimum Gasteiger partial charge on any atom is -0.445 e. The van der Waals surface area contributed by atoms with Crippen LogP contribution in [0.1, 0.15) is 23.1 Å². The number of carbonyl (C=O) groups excluding carboxylic acids is 2. The maximum Gasteiger partial charge on any atom is 0.410 e. The molecule has 166 valence electrons. The Morgan fingerprint density at radius 3 is 2.50 bits per heavy atom. The predicted molar refractivity (Wildman–Crippen MR) is 121 cm³/mol. The number of ether oxygens (including phenoxy) is 1. The van der Waals surface area contributed by atoms with E-state index < -0.39 is 0 Å². The average Bonchev–Trinajstić information content (AvgIpc) is 3.13. The number of nitrogens with zero attached hydrogens (tertiary/aromatic N) is 2. The summed E-state index contributed by atoms with van der Waals surface area (Å²) in [4.78, 5) is 30.4. The molecule has 2 amide bonds. The van der Waals surface area contributed by atoms with Gasteiger partial charge in [-0.25, -0.2) is 9.78 Å². The van der Waals surface area contributed by atoms with Crippen LogP contribution in [0.4, 0.5) is 10.6 Å². The molecule has 2 aliphatic carbocycles. The number of piperidine rings is 1. The number of nitrogens with one attached hydrogen (secondary N) is 1. The van der Waals surface area contributed by atoms with Crippen LogP contribution in [0.15, 0.2) is 48.7 Å². The van der Waals surface area contributed by atoms with E-state index in [2.05, 4.69) is 22.4 Å². The number of pyridine rings is 1. The molecule has 7 nitrogen and oxygen atoms in total. The topological polar surface area (TPSA) is 97.6 Å². The number of rotatable bonds is 6. The van der Waals surface area contributed by atoms with Crippen molar-refractivity contribution in [2.75, 3.05) is 25.4 Å². The average molecular weight is 433 g/mol. The van der Waals surface area contributed by atoms with Crippen molar-refractivity contribution in [3.05, 3.63) is 65.4 Å². The fraction of sp³-hybridized carbons (Fsp3) is 0.400. The highest BCUT2D eigenvalue weighted by Gasteiger charge is 2.56. The molecule has 2 heterocycles. The maximum absolute atomic E-state index is 12.6. The lowest BCUT2D eigenvalue weighted by Gasteiger charge is -2.22. The number of amides is 2. The van der Waals surface area contributed by atoms with E-state index in [1.807, 2.05) is 23.1 Å². The second-order valence-electron chi connectivity index (χ2n) is 9.01. The Labute approximate surface area is 187 Å². The molecule has 1 saturated heterocycles. The third-order valence-electron chi connectivity index (χ3n) is 6.92. The summed E-state index contributed by atoms with van der Waals surface area (Å²) in [7, 11) is 0. The third-order valence-corrected chi connectivity index (χ3v) is 6.92. The first kappa shape index (κ1) is 20.5. The summed E-state index contributed by atoms with van der Waals surface area (Å²) in [6.07, 6.45) is 7.22. The van der Waals surface area contributed by atoms with Gasteiger partial charge in [-0.15, -0.1) is 0 Å². The zero-order valence-electron chi connectivity index (χ0n) is 17.9. The van der Waals surface area contributed by atoms with E-state index in [1.54, 1.807) is 18.3 Å². The quantitative estimate of drug-likeness (QED) is 0.684. The molecule has 0 unspecified atom stereocenters. The molecule has 0 spiro atoms. The molecule has 1 aromatic heterocycles. The van der Waals surface area contributed by atoms with Gasteiger partial charge in [0.15, 0.2) is 0 Å². The summed E-state index contributed by atoms with van der Waals surface area (Å²) in [5.74, 6) is 2.00. The van der Waals surface area contributed by atoms with Crippen molar-refractivity contribution in [3.8, 4) is 0 Å². The van der Waals surface area contributed by atoms with Crippen LogP contribution in [0, 0.1) is 17.8 Å². The van der Waals surface area contributed by atoms with Gasteiger partial charge in [0.25, 0.3) is 0 Å². The molecule has 1 aromatic carbocycles. The highest BCUT2D eigenvalue weighted by atomic mass is 16.6. The molecule has 2 aromatic rings. The van der Waals surface area contributed by atoms with Crippen LogP contribution in [-0.2, 0) is 22.4 Å². The highest BCUT2D eigenvalue weighted by Crippen LogP contribution is 2.53. The largest absolute Gasteiger partial charge is 0.445 e. The predicted octanol–water partition coefficient (Wildman–Crippen LogP) is 2.67. The van der Waals surface area contributed by atoms with Gasteiger partial charge in [0.05, 0.1) is 0 Å². The second kappa shape index (κ2) is 8.65. The fourth-order valence-electron chi connectivity index (χ4n) is 5.15. The number of nitrogen functional groups attached to an aromatic ring is 1. The molecule has 1 aliphatic heterocycles. The van der Waals surface area contributed by atoms with E-state index in [1.165, 1.54) is 17.2 Å². The van der Waals surface area contributed by atoms with Crippen LogP contribution in [0.3, 0.4) is 0 Å². The van der Waals surface area contributed by atoms with Crippen molar-refractivity contribution in [1.82, 2.24) is 15.2 Å². The Morgan fingerprint density at radius 2 is 1.84 bits per heavy atom. The second-order valence-corrected chi connectivity index (χ2v) is 9.01. The normalized spacial score (nSPS) is 23.8. The van der Waals surface area contributed by atoms with Gasteiger partial charge in [0, 0.05) is 44.7 Å². The van der Waals surface area contributed by atoms with E-state index >= 15 is 0 Å². The van der Waals surface area contributed by atoms with Crippen LogP contribution >= 0.6 is 0 Å².